The van der Waals surface area contributed by atoms with Gasteiger partial charge in [-0.2, -0.15) is 13.5 Å². The first-order valence-corrected chi connectivity index (χ1v) is 14.1. The summed E-state index contributed by atoms with van der Waals surface area (Å²) in [6.07, 6.45) is 6.21. The topological polar surface area (TPSA) is 87.7 Å². The molecule has 7 nitrogen and oxygen atoms in total. The molecule has 0 spiro atoms. The van der Waals surface area contributed by atoms with Gasteiger partial charge in [0.15, 0.2) is 0 Å². The normalized spacial score (nSPS) is 17.0. The van der Waals surface area contributed by atoms with Gasteiger partial charge in [-0.25, -0.2) is 12.8 Å². The van der Waals surface area contributed by atoms with Crippen molar-refractivity contribution >= 4 is 21.6 Å². The van der Waals surface area contributed by atoms with Gasteiger partial charge < -0.3 is 15.0 Å². The zero-order chi connectivity index (χ0) is 26.4. The molecule has 4 rings (SSSR count). The van der Waals surface area contributed by atoms with Gasteiger partial charge in [-0.3, -0.25) is 4.79 Å². The van der Waals surface area contributed by atoms with Gasteiger partial charge in [-0.15, -0.1) is 0 Å². The number of fused-ring (bicyclic) bond motifs is 1. The van der Waals surface area contributed by atoms with Crippen LogP contribution >= 0.6 is 0 Å². The van der Waals surface area contributed by atoms with E-state index in [9.17, 15) is 26.4 Å². The van der Waals surface area contributed by atoms with Crippen LogP contribution < -0.4 is 19.7 Å². The van der Waals surface area contributed by atoms with Crippen LogP contribution in [0.5, 0.6) is 5.75 Å². The van der Waals surface area contributed by atoms with Crippen molar-refractivity contribution in [2.75, 3.05) is 24.5 Å². The van der Waals surface area contributed by atoms with Crippen LogP contribution in [0, 0.1) is 11.7 Å². The molecule has 11 heteroatoms. The third kappa shape index (κ3) is 7.38. The SMILES string of the molecule is O=C(NCCN1CCc2cc(F)ccc21)C(CC1CCCCC1)NS(=O)(=O)c1ccc(OC(F)F)cc1. The number of anilines is 1. The third-order valence-electron chi connectivity index (χ3n) is 6.98. The summed E-state index contributed by atoms with van der Waals surface area (Å²) in [5.41, 5.74) is 1.87. The summed E-state index contributed by atoms with van der Waals surface area (Å²) < 4.78 is 71.2. The lowest BCUT2D eigenvalue weighted by Gasteiger charge is -2.27. The number of nitrogens with one attached hydrogen (secondary N) is 2. The highest BCUT2D eigenvalue weighted by molar-refractivity contribution is 7.89. The zero-order valence-electron chi connectivity index (χ0n) is 20.5. The molecule has 0 radical (unpaired) electrons. The molecular weight excluding hydrogens is 507 g/mol. The summed E-state index contributed by atoms with van der Waals surface area (Å²) in [5.74, 6) is -0.612. The number of amides is 1. The van der Waals surface area contributed by atoms with Crippen LogP contribution in [0.2, 0.25) is 0 Å². The fraction of sp³-hybridized carbons (Fsp3) is 0.500. The Hall–Kier alpha value is -2.79. The van der Waals surface area contributed by atoms with Crippen LogP contribution in [-0.2, 0) is 21.2 Å². The van der Waals surface area contributed by atoms with E-state index in [-0.39, 0.29) is 22.4 Å². The first-order chi connectivity index (χ1) is 17.7. The lowest BCUT2D eigenvalue weighted by Crippen LogP contribution is -2.49. The number of sulfonamides is 1. The standard InChI is InChI=1S/C26H32F3N3O4S/c27-20-6-11-24-19(17-20)12-14-32(24)15-13-30-25(33)23(16-18-4-2-1-3-5-18)31-37(34,35)22-9-7-21(8-10-22)36-26(28)29/h6-11,17-18,23,26,31H,1-5,12-16H2,(H,30,33). The quantitative estimate of drug-likeness (QED) is 0.447. The molecule has 1 amide bonds. The molecule has 2 aromatic rings. The Balaban J connectivity index is 1.40. The number of halogens is 3. The van der Waals surface area contributed by atoms with E-state index >= 15 is 0 Å². The molecule has 1 heterocycles. The molecule has 1 aliphatic carbocycles. The molecule has 1 aliphatic heterocycles. The molecule has 1 saturated carbocycles. The molecule has 2 N–H and O–H groups in total. The van der Waals surface area contributed by atoms with Crippen molar-refractivity contribution in [2.45, 2.75) is 62.5 Å². The Labute approximate surface area is 215 Å². The van der Waals surface area contributed by atoms with Gasteiger partial charge >= 0.3 is 6.61 Å². The van der Waals surface area contributed by atoms with E-state index in [1.807, 2.05) is 0 Å². The van der Waals surface area contributed by atoms with E-state index in [0.29, 0.717) is 19.5 Å². The monoisotopic (exact) mass is 539 g/mol. The van der Waals surface area contributed by atoms with Crippen molar-refractivity contribution in [3.63, 3.8) is 0 Å². The Morgan fingerprint density at radius 1 is 1.08 bits per heavy atom. The van der Waals surface area contributed by atoms with E-state index < -0.39 is 28.6 Å². The average molecular weight is 540 g/mol. The largest absolute Gasteiger partial charge is 0.435 e. The van der Waals surface area contributed by atoms with Gasteiger partial charge in [0.1, 0.15) is 17.6 Å². The summed E-state index contributed by atoms with van der Waals surface area (Å²) >= 11 is 0. The van der Waals surface area contributed by atoms with Gasteiger partial charge in [0.25, 0.3) is 0 Å². The van der Waals surface area contributed by atoms with Crippen LogP contribution in [-0.4, -0.2) is 46.6 Å². The summed E-state index contributed by atoms with van der Waals surface area (Å²) in [6, 6.07) is 8.34. The van der Waals surface area contributed by atoms with Gasteiger partial charge in [0, 0.05) is 25.3 Å². The number of ether oxygens (including phenoxy) is 1. The molecule has 1 atom stereocenters. The van der Waals surface area contributed by atoms with Gasteiger partial charge in [0.2, 0.25) is 15.9 Å². The Morgan fingerprint density at radius 2 is 1.81 bits per heavy atom. The molecule has 202 valence electrons. The van der Waals surface area contributed by atoms with Crippen molar-refractivity contribution < 1.29 is 31.1 Å². The molecule has 1 fully saturated rings. The summed E-state index contributed by atoms with van der Waals surface area (Å²) in [5, 5.41) is 2.86. The number of carbonyl (C=O) groups excluding carboxylic acids is 1. The average Bonchev–Trinajstić information content (AvgIpc) is 3.26. The predicted octanol–water partition coefficient (Wildman–Crippen LogP) is 4.22. The molecule has 2 aromatic carbocycles. The number of benzene rings is 2. The predicted molar refractivity (Wildman–Crippen MR) is 134 cm³/mol. The number of carbonyl (C=O) groups is 1. The van der Waals surface area contributed by atoms with E-state index in [0.717, 1.165) is 68.5 Å². The van der Waals surface area contributed by atoms with E-state index in [1.54, 1.807) is 6.07 Å². The van der Waals surface area contributed by atoms with Crippen LogP contribution in [0.4, 0.5) is 18.9 Å². The van der Waals surface area contributed by atoms with Gasteiger partial charge in [0.05, 0.1) is 4.90 Å². The number of nitrogens with zero attached hydrogens (tertiary/aromatic N) is 1. The minimum atomic E-state index is -4.09. The number of hydrogen-bond donors (Lipinski definition) is 2. The lowest BCUT2D eigenvalue weighted by molar-refractivity contribution is -0.123. The van der Waals surface area contributed by atoms with Crippen molar-refractivity contribution in [1.82, 2.24) is 10.0 Å². The molecule has 1 unspecified atom stereocenters. The molecular formula is C26H32F3N3O4S. The summed E-state index contributed by atoms with van der Waals surface area (Å²) in [6.45, 7) is -1.48. The van der Waals surface area contributed by atoms with E-state index in [4.69, 9.17) is 0 Å². The Bertz CT molecular complexity index is 1170. The molecule has 0 bridgehead atoms. The van der Waals surface area contributed by atoms with Crippen LogP contribution in [0.1, 0.15) is 44.1 Å². The Morgan fingerprint density at radius 3 is 2.51 bits per heavy atom. The second kappa shape index (κ2) is 12.2. The van der Waals surface area contributed by atoms with E-state index in [1.165, 1.54) is 24.3 Å². The maximum Gasteiger partial charge on any atom is 0.387 e. The highest BCUT2D eigenvalue weighted by atomic mass is 32.2. The molecule has 37 heavy (non-hydrogen) atoms. The smallest absolute Gasteiger partial charge is 0.387 e. The second-order valence-corrected chi connectivity index (χ2v) is 11.3. The lowest BCUT2D eigenvalue weighted by atomic mass is 9.85. The minimum absolute atomic E-state index is 0.142. The van der Waals surface area contributed by atoms with Crippen molar-refractivity contribution in [1.29, 1.82) is 0 Å². The molecule has 0 aromatic heterocycles. The first-order valence-electron chi connectivity index (χ1n) is 12.6. The second-order valence-electron chi connectivity index (χ2n) is 9.56. The number of alkyl halides is 2. The van der Waals surface area contributed by atoms with E-state index in [2.05, 4.69) is 19.7 Å². The van der Waals surface area contributed by atoms with Crippen LogP contribution in [0.15, 0.2) is 47.4 Å². The number of hydrogen-bond acceptors (Lipinski definition) is 5. The van der Waals surface area contributed by atoms with Gasteiger partial charge in [-0.05, 0) is 66.8 Å². The summed E-state index contributed by atoms with van der Waals surface area (Å²) in [4.78, 5) is 15.1. The van der Waals surface area contributed by atoms with Crippen molar-refractivity contribution in [2.24, 2.45) is 5.92 Å². The highest BCUT2D eigenvalue weighted by Crippen LogP contribution is 2.29. The molecule has 0 saturated heterocycles. The fourth-order valence-electron chi connectivity index (χ4n) is 5.13. The third-order valence-corrected chi connectivity index (χ3v) is 8.47. The first kappa shape index (κ1) is 27.3. The maximum atomic E-state index is 13.5. The summed E-state index contributed by atoms with van der Waals surface area (Å²) in [7, 11) is -4.09. The minimum Gasteiger partial charge on any atom is -0.435 e. The number of rotatable bonds is 11. The fourth-order valence-corrected chi connectivity index (χ4v) is 6.34. The Kier molecular flexibility index (Phi) is 8.96. The zero-order valence-corrected chi connectivity index (χ0v) is 21.3. The van der Waals surface area contributed by atoms with Crippen LogP contribution in [0.3, 0.4) is 0 Å². The van der Waals surface area contributed by atoms with Crippen molar-refractivity contribution in [3.05, 3.63) is 53.8 Å². The van der Waals surface area contributed by atoms with Crippen molar-refractivity contribution in [3.8, 4) is 5.75 Å². The van der Waals surface area contributed by atoms with Gasteiger partial charge in [-0.1, -0.05) is 32.1 Å². The molecule has 2 aliphatic rings. The maximum absolute atomic E-state index is 13.5. The van der Waals surface area contributed by atoms with Crippen LogP contribution in [0.25, 0.3) is 0 Å². The highest BCUT2D eigenvalue weighted by Gasteiger charge is 2.29.